The quantitative estimate of drug-likeness (QED) is 0.762. The van der Waals surface area contributed by atoms with E-state index in [1.54, 1.807) is 11.9 Å². The van der Waals surface area contributed by atoms with Crippen molar-refractivity contribution in [1.82, 2.24) is 10.2 Å². The lowest BCUT2D eigenvalue weighted by molar-refractivity contribution is -0.137. The van der Waals surface area contributed by atoms with Crippen LogP contribution in [0, 0.1) is 5.41 Å². The molecule has 0 amide bonds. The number of hydrogen-bond donors (Lipinski definition) is 1. The molecule has 0 aliphatic carbocycles. The van der Waals surface area contributed by atoms with Crippen LogP contribution >= 0.6 is 0 Å². The summed E-state index contributed by atoms with van der Waals surface area (Å²) in [5, 5.41) is 3.40. The molecule has 0 aromatic carbocycles. The third kappa shape index (κ3) is 8.75. The Morgan fingerprint density at radius 3 is 2.06 bits per heavy atom. The van der Waals surface area contributed by atoms with E-state index in [1.807, 2.05) is 6.92 Å². The third-order valence-electron chi connectivity index (χ3n) is 3.07. The first-order chi connectivity index (χ1) is 8.06. The summed E-state index contributed by atoms with van der Waals surface area (Å²) in [7, 11) is 1.75. The average Bonchev–Trinajstić information content (AvgIpc) is 2.18. The molecule has 0 bridgehead atoms. The van der Waals surface area contributed by atoms with Crippen LogP contribution in [-0.4, -0.2) is 43.8 Å². The van der Waals surface area contributed by atoms with Gasteiger partial charge in [-0.3, -0.25) is 0 Å². The van der Waals surface area contributed by atoms with Crippen molar-refractivity contribution >= 4 is 0 Å². The maximum atomic E-state index is 12.1. The van der Waals surface area contributed by atoms with Crippen LogP contribution in [0.15, 0.2) is 0 Å². The van der Waals surface area contributed by atoms with Crippen LogP contribution in [0.1, 0.15) is 40.5 Å². The van der Waals surface area contributed by atoms with Crippen molar-refractivity contribution in [2.45, 2.75) is 52.8 Å². The summed E-state index contributed by atoms with van der Waals surface area (Å²) in [5.74, 6) is 0. The molecule has 0 fully saturated rings. The highest BCUT2D eigenvalue weighted by Crippen LogP contribution is 2.23. The highest BCUT2D eigenvalue weighted by molar-refractivity contribution is 4.80. The molecule has 0 spiro atoms. The molecule has 5 heteroatoms. The van der Waals surface area contributed by atoms with Crippen LogP contribution in [0.2, 0.25) is 0 Å². The van der Waals surface area contributed by atoms with Gasteiger partial charge in [0.1, 0.15) is 0 Å². The lowest BCUT2D eigenvalue weighted by Gasteiger charge is -2.33. The summed E-state index contributed by atoms with van der Waals surface area (Å²) in [5.41, 5.74) is 0.126. The van der Waals surface area contributed by atoms with Gasteiger partial charge in [0.2, 0.25) is 0 Å². The highest BCUT2D eigenvalue weighted by atomic mass is 19.4. The van der Waals surface area contributed by atoms with Crippen molar-refractivity contribution in [3.63, 3.8) is 0 Å². The zero-order chi connectivity index (χ0) is 14.4. The van der Waals surface area contributed by atoms with Crippen LogP contribution in [0.4, 0.5) is 13.2 Å². The first-order valence-electron chi connectivity index (χ1n) is 6.55. The molecule has 0 radical (unpaired) electrons. The van der Waals surface area contributed by atoms with Crippen molar-refractivity contribution < 1.29 is 13.2 Å². The van der Waals surface area contributed by atoms with E-state index in [0.717, 1.165) is 13.0 Å². The maximum absolute atomic E-state index is 12.1. The van der Waals surface area contributed by atoms with Crippen molar-refractivity contribution in [2.24, 2.45) is 5.41 Å². The van der Waals surface area contributed by atoms with Crippen molar-refractivity contribution in [1.29, 1.82) is 0 Å². The molecule has 2 nitrogen and oxygen atoms in total. The Morgan fingerprint density at radius 1 is 1.11 bits per heavy atom. The molecular weight excluding hydrogens is 241 g/mol. The first-order valence-corrected chi connectivity index (χ1v) is 6.55. The van der Waals surface area contributed by atoms with E-state index in [1.165, 1.54) is 0 Å². The van der Waals surface area contributed by atoms with Crippen molar-refractivity contribution in [3.05, 3.63) is 0 Å². The van der Waals surface area contributed by atoms with Crippen molar-refractivity contribution in [2.75, 3.05) is 26.7 Å². The first kappa shape index (κ1) is 17.7. The fourth-order valence-corrected chi connectivity index (χ4v) is 1.87. The van der Waals surface area contributed by atoms with Crippen LogP contribution in [0.5, 0.6) is 0 Å². The van der Waals surface area contributed by atoms with E-state index >= 15 is 0 Å². The fraction of sp³-hybridized carbons (Fsp3) is 1.00. The summed E-state index contributed by atoms with van der Waals surface area (Å²) >= 11 is 0. The summed E-state index contributed by atoms with van der Waals surface area (Å²) in [6.45, 7) is 10.1. The predicted molar refractivity (Wildman–Crippen MR) is 69.7 cm³/mol. The molecule has 0 aromatic heterocycles. The Hall–Kier alpha value is -0.290. The molecule has 18 heavy (non-hydrogen) atoms. The molecule has 0 saturated carbocycles. The third-order valence-corrected chi connectivity index (χ3v) is 3.07. The normalized spacial score (nSPS) is 15.2. The maximum Gasteiger partial charge on any atom is 0.390 e. The van der Waals surface area contributed by atoms with Gasteiger partial charge in [0.25, 0.3) is 0 Å². The van der Waals surface area contributed by atoms with Crippen LogP contribution < -0.4 is 5.32 Å². The molecule has 110 valence electrons. The number of nitrogens with zero attached hydrogens (tertiary/aromatic N) is 1. The number of alkyl halides is 3. The monoisotopic (exact) mass is 268 g/mol. The van der Waals surface area contributed by atoms with Crippen LogP contribution in [-0.2, 0) is 0 Å². The standard InChI is InChI=1S/C13H27F3N2/c1-6-17-11(12(2,3)4)7-9-18(5)10-8-13(14,15)16/h11,17H,6-10H2,1-5H3. The van der Waals surface area contributed by atoms with Gasteiger partial charge < -0.3 is 10.2 Å². The predicted octanol–water partition coefficient (Wildman–Crippen LogP) is 3.28. The summed E-state index contributed by atoms with van der Waals surface area (Å²) in [4.78, 5) is 1.75. The van der Waals surface area contributed by atoms with Gasteiger partial charge in [0.15, 0.2) is 0 Å². The van der Waals surface area contributed by atoms with Gasteiger partial charge in [-0.1, -0.05) is 27.7 Å². The van der Waals surface area contributed by atoms with E-state index in [4.69, 9.17) is 0 Å². The van der Waals surface area contributed by atoms with Gasteiger partial charge in [0.05, 0.1) is 6.42 Å². The smallest absolute Gasteiger partial charge is 0.314 e. The minimum absolute atomic E-state index is 0.0759. The van der Waals surface area contributed by atoms with E-state index < -0.39 is 12.6 Å². The minimum atomic E-state index is -4.06. The summed E-state index contributed by atoms with van der Waals surface area (Å²) < 4.78 is 36.3. The molecule has 0 aromatic rings. The molecule has 0 heterocycles. The molecule has 1 atom stereocenters. The van der Waals surface area contributed by atoms with E-state index in [2.05, 4.69) is 26.1 Å². The molecule has 0 aliphatic heterocycles. The zero-order valence-electron chi connectivity index (χ0n) is 12.2. The van der Waals surface area contributed by atoms with Crippen LogP contribution in [0.3, 0.4) is 0 Å². The molecule has 0 saturated heterocycles. The van der Waals surface area contributed by atoms with E-state index in [0.29, 0.717) is 12.6 Å². The Labute approximate surface area is 109 Å². The van der Waals surface area contributed by atoms with Gasteiger partial charge in [0, 0.05) is 12.6 Å². The van der Waals surface area contributed by atoms with Gasteiger partial charge >= 0.3 is 6.18 Å². The number of halogens is 3. The second-order valence-electron chi connectivity index (χ2n) is 5.93. The van der Waals surface area contributed by atoms with E-state index in [-0.39, 0.29) is 12.0 Å². The second-order valence-corrected chi connectivity index (χ2v) is 5.93. The fourth-order valence-electron chi connectivity index (χ4n) is 1.87. The number of nitrogens with one attached hydrogen (secondary N) is 1. The lowest BCUT2D eigenvalue weighted by Crippen LogP contribution is -2.42. The Bertz CT molecular complexity index is 221. The minimum Gasteiger partial charge on any atom is -0.314 e. The van der Waals surface area contributed by atoms with Gasteiger partial charge in [-0.25, -0.2) is 0 Å². The zero-order valence-corrected chi connectivity index (χ0v) is 12.2. The highest BCUT2D eigenvalue weighted by Gasteiger charge is 2.28. The lowest BCUT2D eigenvalue weighted by atomic mass is 9.84. The number of hydrogen-bond acceptors (Lipinski definition) is 2. The Kier molecular flexibility index (Phi) is 7.22. The number of rotatable bonds is 7. The average molecular weight is 268 g/mol. The largest absolute Gasteiger partial charge is 0.390 e. The van der Waals surface area contributed by atoms with Crippen LogP contribution in [0.25, 0.3) is 0 Å². The second kappa shape index (κ2) is 7.34. The van der Waals surface area contributed by atoms with Gasteiger partial charge in [-0.2, -0.15) is 13.2 Å². The Balaban J connectivity index is 4.04. The molecule has 0 aliphatic rings. The summed E-state index contributed by atoms with van der Waals surface area (Å²) in [6.07, 6.45) is -3.92. The SMILES string of the molecule is CCNC(CCN(C)CCC(F)(F)F)C(C)(C)C. The summed E-state index contributed by atoms with van der Waals surface area (Å²) in [6, 6.07) is 0.329. The molecule has 1 unspecified atom stereocenters. The molecular formula is C13H27F3N2. The van der Waals surface area contributed by atoms with Gasteiger partial charge in [-0.05, 0) is 32.0 Å². The molecule has 0 rings (SSSR count). The Morgan fingerprint density at radius 2 is 1.67 bits per heavy atom. The van der Waals surface area contributed by atoms with E-state index in [9.17, 15) is 13.2 Å². The topological polar surface area (TPSA) is 15.3 Å². The molecule has 1 N–H and O–H groups in total. The van der Waals surface area contributed by atoms with Crippen molar-refractivity contribution in [3.8, 4) is 0 Å². The van der Waals surface area contributed by atoms with Gasteiger partial charge in [-0.15, -0.1) is 0 Å².